The van der Waals surface area contributed by atoms with E-state index in [-0.39, 0.29) is 11.1 Å². The molecular weight excluding hydrogens is 191 g/mol. The first-order valence-electron chi connectivity index (χ1n) is 5.80. The van der Waals surface area contributed by atoms with Gasteiger partial charge in [-0.25, -0.2) is 0 Å². The monoisotopic (exact) mass is 214 g/mol. The van der Waals surface area contributed by atoms with Crippen LogP contribution in [0.15, 0.2) is 30.3 Å². The summed E-state index contributed by atoms with van der Waals surface area (Å²) in [4.78, 5) is 0. The molecule has 0 saturated carbocycles. The molecule has 0 aromatic heterocycles. The Kier molecular flexibility index (Phi) is 6.36. The van der Waals surface area contributed by atoms with Crippen LogP contribution in [0, 0.1) is 0 Å². The van der Waals surface area contributed by atoms with E-state index in [2.05, 4.69) is 42.0 Å². The summed E-state index contributed by atoms with van der Waals surface area (Å²) in [5.41, 5.74) is 12.2. The minimum absolute atomic E-state index is 0.285. The second-order valence-corrected chi connectivity index (χ2v) is 5.28. The predicted molar refractivity (Wildman–Crippen MR) is 72.4 cm³/mol. The summed E-state index contributed by atoms with van der Waals surface area (Å²) in [6, 6.07) is 10.5. The van der Waals surface area contributed by atoms with Gasteiger partial charge < -0.3 is 11.5 Å². The fourth-order valence-corrected chi connectivity index (χ4v) is 0.714. The molecule has 4 N–H and O–H groups in total. The Bertz CT molecular complexity index is 271. The maximum absolute atomic E-state index is 5.69. The molecule has 2 nitrogen and oxygen atoms in total. The van der Waals surface area contributed by atoms with E-state index >= 15 is 0 Å². The topological polar surface area (TPSA) is 52.0 Å². The van der Waals surface area contributed by atoms with Crippen LogP contribution in [0.5, 0.6) is 0 Å². The normalized spacial score (nSPS) is 11.8. The van der Waals surface area contributed by atoms with Crippen LogP contribution in [-0.4, -0.2) is 28.8 Å². The fraction of sp³-hybridized carbons (Fsp3) is 0.538. The minimum atomic E-state index is -0.285. The maximum atomic E-state index is 5.69. The number of rotatable bonds is 2. The zero-order valence-corrected chi connectivity index (χ0v) is 11.2. The van der Waals surface area contributed by atoms with Crippen LogP contribution in [0.2, 0.25) is 0 Å². The molecule has 1 aromatic rings. The van der Waals surface area contributed by atoms with Gasteiger partial charge in [0, 0.05) is 11.1 Å². The molecule has 0 fully saturated rings. The van der Waals surface area contributed by atoms with Crippen molar-refractivity contribution < 1.29 is 0 Å². The van der Waals surface area contributed by atoms with Crippen LogP contribution in [-0.2, 0) is 5.09 Å². The summed E-state index contributed by atoms with van der Waals surface area (Å²) in [6.07, 6.45) is 0. The Morgan fingerprint density at radius 2 is 1.31 bits per heavy atom. The van der Waals surface area contributed by atoms with Gasteiger partial charge in [0.05, 0.1) is 0 Å². The van der Waals surface area contributed by atoms with Crippen molar-refractivity contribution in [2.45, 2.75) is 43.9 Å². The molecule has 0 bridgehead atoms. The molecule has 0 radical (unpaired) electrons. The zero-order chi connectivity index (χ0) is 12.8. The van der Waals surface area contributed by atoms with Gasteiger partial charge in [-0.3, -0.25) is 0 Å². The van der Waals surface area contributed by atoms with E-state index in [1.54, 1.807) is 0 Å². The van der Waals surface area contributed by atoms with Crippen LogP contribution in [0.3, 0.4) is 0 Å². The molecule has 0 heterocycles. The summed E-state index contributed by atoms with van der Waals surface area (Å²) in [5, 5.41) is 1.14. The summed E-state index contributed by atoms with van der Waals surface area (Å²) >= 11 is 2.16. The van der Waals surface area contributed by atoms with Crippen molar-refractivity contribution in [1.82, 2.24) is 0 Å². The second kappa shape index (κ2) is 6.47. The third kappa shape index (κ3) is 6.35. The van der Waals surface area contributed by atoms with Crippen molar-refractivity contribution in [2.24, 2.45) is 11.5 Å². The van der Waals surface area contributed by atoms with Crippen LogP contribution in [0.4, 0.5) is 0 Å². The van der Waals surface area contributed by atoms with Crippen molar-refractivity contribution in [2.75, 3.05) is 0 Å². The molecule has 0 amide bonds. The molecule has 3 heteroatoms. The van der Waals surface area contributed by atoms with E-state index in [4.69, 9.17) is 11.5 Å². The van der Waals surface area contributed by atoms with Crippen LogP contribution >= 0.6 is 0 Å². The average Bonchev–Trinajstić information content (AvgIpc) is 2.17. The number of benzene rings is 1. The molecule has 0 atom stereocenters. The van der Waals surface area contributed by atoms with Gasteiger partial charge in [0.1, 0.15) is 0 Å². The van der Waals surface area contributed by atoms with E-state index < -0.39 is 0 Å². The zero-order valence-electron chi connectivity index (χ0n) is 11.2. The van der Waals surface area contributed by atoms with Gasteiger partial charge in [-0.2, -0.15) is 0 Å². The first kappa shape index (κ1) is 15.7. The van der Waals surface area contributed by atoms with Gasteiger partial charge in [-0.15, -0.1) is 0 Å². The van der Waals surface area contributed by atoms with E-state index in [1.807, 2.05) is 33.8 Å². The Balaban J connectivity index is 0.000000281. The van der Waals surface area contributed by atoms with E-state index in [9.17, 15) is 0 Å². The first-order valence-corrected chi connectivity index (χ1v) is 5.80. The van der Waals surface area contributed by atoms with Gasteiger partial charge in [-0.05, 0) is 27.7 Å². The van der Waals surface area contributed by atoms with Crippen LogP contribution in [0.1, 0.15) is 33.3 Å². The summed E-state index contributed by atoms with van der Waals surface area (Å²) in [6.45, 7) is 7.69. The number of hydrogen-bond acceptors (Lipinski definition) is 2. The first-order chi connectivity index (χ1) is 7.18. The molecule has 16 heavy (non-hydrogen) atoms. The van der Waals surface area contributed by atoms with Crippen molar-refractivity contribution in [1.29, 1.82) is 0 Å². The number of nitrogens with two attached hydrogens (primary N) is 2. The fourth-order valence-electron chi connectivity index (χ4n) is 0.714. The van der Waals surface area contributed by atoms with Gasteiger partial charge in [0.25, 0.3) is 0 Å². The molecule has 1 rings (SSSR count). The number of hydrogen-bond donors (Lipinski definition) is 2. The summed E-state index contributed by atoms with van der Waals surface area (Å²) < 4.78 is 0. The molecule has 0 aliphatic heterocycles. The Labute approximate surface area is 109 Å². The molecule has 0 unspecified atom stereocenters. The van der Waals surface area contributed by atoms with Crippen LogP contribution in [0.25, 0.3) is 0 Å². The van der Waals surface area contributed by atoms with Gasteiger partial charge in [0.15, 0.2) is 0 Å². The van der Waals surface area contributed by atoms with E-state index in [0.717, 1.165) is 5.09 Å². The molecule has 0 aliphatic rings. The summed E-state index contributed by atoms with van der Waals surface area (Å²) in [5.74, 6) is 0. The molecular formula is C13H23LiN2. The Hall–Kier alpha value is -0.263. The van der Waals surface area contributed by atoms with Crippen LogP contribution < -0.4 is 11.5 Å². The van der Waals surface area contributed by atoms with Crippen molar-refractivity contribution in [3.8, 4) is 0 Å². The standard InChI is InChI=1S/C7H7.C6H16N2.Li/c1-7-5-3-2-4-6-7;1-5(2,7)6(3,4)8;/h2-6H,1H2;7-8H2,1-4H3;. The SMILES string of the molecule is CC(C)(N)C(C)(C)N.[Li][CH2]c1ccccc1. The molecule has 86 valence electrons. The van der Waals surface area contributed by atoms with Crippen molar-refractivity contribution in [3.05, 3.63) is 35.9 Å². The van der Waals surface area contributed by atoms with E-state index in [1.165, 1.54) is 5.56 Å². The molecule has 0 spiro atoms. The van der Waals surface area contributed by atoms with E-state index in [0.29, 0.717) is 0 Å². The third-order valence-corrected chi connectivity index (χ3v) is 2.91. The quantitative estimate of drug-likeness (QED) is 0.738. The Morgan fingerprint density at radius 1 is 0.938 bits per heavy atom. The molecule has 0 aliphatic carbocycles. The van der Waals surface area contributed by atoms with Crippen molar-refractivity contribution in [3.63, 3.8) is 0 Å². The molecule has 0 saturated heterocycles. The second-order valence-electron chi connectivity index (χ2n) is 5.28. The summed E-state index contributed by atoms with van der Waals surface area (Å²) in [7, 11) is 0. The third-order valence-electron chi connectivity index (χ3n) is 2.91. The average molecular weight is 214 g/mol. The van der Waals surface area contributed by atoms with Gasteiger partial charge in [0.2, 0.25) is 0 Å². The van der Waals surface area contributed by atoms with Gasteiger partial charge in [-0.1, -0.05) is 0 Å². The predicted octanol–water partition coefficient (Wildman–Crippen LogP) is 1.82. The van der Waals surface area contributed by atoms with Crippen molar-refractivity contribution >= 4 is 17.7 Å². The Morgan fingerprint density at radius 3 is 1.50 bits per heavy atom. The molecule has 1 aromatic carbocycles. The van der Waals surface area contributed by atoms with Gasteiger partial charge >= 0.3 is 58.7 Å².